The van der Waals surface area contributed by atoms with Crippen LogP contribution >= 0.6 is 23.1 Å². The quantitative estimate of drug-likeness (QED) is 0.374. The zero-order valence-electron chi connectivity index (χ0n) is 19.5. The molecule has 3 heterocycles. The Morgan fingerprint density at radius 2 is 1.91 bits per heavy atom. The maximum atomic E-state index is 13.1. The van der Waals surface area contributed by atoms with E-state index in [4.69, 9.17) is 0 Å². The van der Waals surface area contributed by atoms with Gasteiger partial charge in [-0.3, -0.25) is 14.2 Å². The maximum Gasteiger partial charge on any atom is 0.261 e. The third-order valence-electron chi connectivity index (χ3n) is 5.97. The summed E-state index contributed by atoms with van der Waals surface area (Å²) >= 11 is 2.76. The molecule has 2 aromatic carbocycles. The van der Waals surface area contributed by atoms with Gasteiger partial charge in [0.1, 0.15) is 0 Å². The number of nitrogens with zero attached hydrogens (tertiary/aromatic N) is 4. The minimum atomic E-state index is -0.146. The second kappa shape index (κ2) is 10.1. The Morgan fingerprint density at radius 3 is 2.74 bits per heavy atom. The van der Waals surface area contributed by atoms with Crippen LogP contribution in [0.25, 0.3) is 5.69 Å². The van der Waals surface area contributed by atoms with Gasteiger partial charge in [-0.2, -0.15) is 0 Å². The number of rotatable bonds is 7. The van der Waals surface area contributed by atoms with Gasteiger partial charge >= 0.3 is 0 Å². The lowest BCUT2D eigenvalue weighted by Crippen LogP contribution is -2.30. The predicted molar refractivity (Wildman–Crippen MR) is 140 cm³/mol. The Balaban J connectivity index is 1.38. The molecule has 7 nitrogen and oxygen atoms in total. The molecule has 0 saturated carbocycles. The molecule has 0 unspecified atom stereocenters. The Morgan fingerprint density at radius 1 is 1.06 bits per heavy atom. The van der Waals surface area contributed by atoms with E-state index in [0.29, 0.717) is 22.4 Å². The summed E-state index contributed by atoms with van der Waals surface area (Å²) in [6.45, 7) is 4.99. The molecule has 0 radical (unpaired) electrons. The fourth-order valence-corrected chi connectivity index (χ4v) is 5.65. The van der Waals surface area contributed by atoms with Crippen LogP contribution in [0.2, 0.25) is 0 Å². The molecule has 0 spiro atoms. The number of anilines is 1. The summed E-state index contributed by atoms with van der Waals surface area (Å²) in [4.78, 5) is 28.1. The lowest BCUT2D eigenvalue weighted by Gasteiger charge is -2.17. The summed E-state index contributed by atoms with van der Waals surface area (Å²) in [6, 6.07) is 17.9. The largest absolute Gasteiger partial charge is 0.344 e. The molecule has 2 amide bonds. The summed E-state index contributed by atoms with van der Waals surface area (Å²) in [6.07, 6.45) is 0.874. The molecule has 35 heavy (non-hydrogen) atoms. The van der Waals surface area contributed by atoms with Gasteiger partial charge in [0, 0.05) is 12.2 Å². The molecular weight excluding hydrogens is 478 g/mol. The number of aromatic nitrogens is 3. The molecule has 1 aliphatic rings. The van der Waals surface area contributed by atoms with Gasteiger partial charge in [0.25, 0.3) is 5.91 Å². The SMILES string of the molecule is Cc1ccc(C)c(-n2c(CNC(=O)c3cccs3)nnc2SCC(=O)N2CCc3ccccc32)c1. The molecule has 1 N–H and O–H groups in total. The number of para-hydroxylation sites is 1. The van der Waals surface area contributed by atoms with E-state index in [0.717, 1.165) is 28.9 Å². The van der Waals surface area contributed by atoms with Gasteiger partial charge in [0.2, 0.25) is 5.91 Å². The van der Waals surface area contributed by atoms with E-state index in [-0.39, 0.29) is 24.1 Å². The average molecular weight is 504 g/mol. The van der Waals surface area contributed by atoms with Gasteiger partial charge in [-0.25, -0.2) is 0 Å². The monoisotopic (exact) mass is 503 g/mol. The van der Waals surface area contributed by atoms with E-state index in [2.05, 4.69) is 39.8 Å². The highest BCUT2D eigenvalue weighted by molar-refractivity contribution is 7.99. The zero-order valence-corrected chi connectivity index (χ0v) is 21.2. The van der Waals surface area contributed by atoms with Crippen molar-refractivity contribution in [3.05, 3.63) is 87.4 Å². The molecule has 9 heteroatoms. The fourth-order valence-electron chi connectivity index (χ4n) is 4.17. The Labute approximate surface area is 212 Å². The number of benzene rings is 2. The van der Waals surface area contributed by atoms with Gasteiger partial charge in [-0.1, -0.05) is 48.2 Å². The summed E-state index contributed by atoms with van der Waals surface area (Å²) < 4.78 is 1.95. The first-order valence-electron chi connectivity index (χ1n) is 11.4. The number of aryl methyl sites for hydroxylation is 2. The molecule has 0 saturated heterocycles. The third-order valence-corrected chi connectivity index (χ3v) is 7.75. The summed E-state index contributed by atoms with van der Waals surface area (Å²) in [5.41, 5.74) is 5.30. The standard InChI is InChI=1S/C26H25N5O2S2/c1-17-9-10-18(2)21(14-17)31-23(15-27-25(33)22-8-5-13-34-22)28-29-26(31)35-16-24(32)30-12-11-19-6-3-4-7-20(19)30/h3-10,13-14H,11-12,15-16H2,1-2H3,(H,27,33). The van der Waals surface area contributed by atoms with Gasteiger partial charge in [-0.05, 0) is 60.5 Å². The molecular formula is C26H25N5O2S2. The highest BCUT2D eigenvalue weighted by atomic mass is 32.2. The normalized spacial score (nSPS) is 12.6. The van der Waals surface area contributed by atoms with Crippen LogP contribution < -0.4 is 10.2 Å². The first-order valence-corrected chi connectivity index (χ1v) is 13.2. The molecule has 0 aliphatic carbocycles. The Bertz CT molecular complexity index is 1380. The molecule has 178 valence electrons. The number of amides is 2. The van der Waals surface area contributed by atoms with Gasteiger partial charge in [0.15, 0.2) is 11.0 Å². The number of fused-ring (bicyclic) bond motifs is 1. The van der Waals surface area contributed by atoms with Crippen molar-refractivity contribution in [3.8, 4) is 5.69 Å². The fraction of sp³-hybridized carbons (Fsp3) is 0.231. The molecule has 5 rings (SSSR count). The third kappa shape index (κ3) is 4.87. The van der Waals surface area contributed by atoms with E-state index in [1.54, 1.807) is 6.07 Å². The van der Waals surface area contributed by atoms with Crippen molar-refractivity contribution in [2.24, 2.45) is 0 Å². The minimum absolute atomic E-state index is 0.0445. The van der Waals surface area contributed by atoms with Crippen molar-refractivity contribution in [1.29, 1.82) is 0 Å². The van der Waals surface area contributed by atoms with Crippen LogP contribution in [0.3, 0.4) is 0 Å². The molecule has 0 bridgehead atoms. The number of carbonyl (C=O) groups excluding carboxylic acids is 2. The average Bonchev–Trinajstić information content (AvgIpc) is 3.62. The van der Waals surface area contributed by atoms with Crippen molar-refractivity contribution in [2.75, 3.05) is 17.2 Å². The summed E-state index contributed by atoms with van der Waals surface area (Å²) in [5.74, 6) is 0.763. The molecule has 2 aromatic heterocycles. The van der Waals surface area contributed by atoms with Crippen molar-refractivity contribution in [1.82, 2.24) is 20.1 Å². The minimum Gasteiger partial charge on any atom is -0.344 e. The molecule has 0 fully saturated rings. The van der Waals surface area contributed by atoms with Gasteiger partial charge in [0.05, 0.1) is 22.9 Å². The second-order valence-electron chi connectivity index (χ2n) is 8.40. The van der Waals surface area contributed by atoms with Crippen LogP contribution in [0.1, 0.15) is 32.2 Å². The Kier molecular flexibility index (Phi) is 6.70. The molecule has 1 aliphatic heterocycles. The second-order valence-corrected chi connectivity index (χ2v) is 10.3. The van der Waals surface area contributed by atoms with Crippen molar-refractivity contribution >= 4 is 40.6 Å². The van der Waals surface area contributed by atoms with E-state index in [1.807, 2.05) is 53.0 Å². The van der Waals surface area contributed by atoms with Crippen LogP contribution in [-0.2, 0) is 17.8 Å². The first-order chi connectivity index (χ1) is 17.0. The predicted octanol–water partition coefficient (Wildman–Crippen LogP) is 4.56. The number of thioether (sulfide) groups is 1. The zero-order chi connectivity index (χ0) is 24.4. The maximum absolute atomic E-state index is 13.1. The van der Waals surface area contributed by atoms with Crippen molar-refractivity contribution < 1.29 is 9.59 Å². The molecule has 0 atom stereocenters. The van der Waals surface area contributed by atoms with E-state index < -0.39 is 0 Å². The van der Waals surface area contributed by atoms with Crippen LogP contribution in [-0.4, -0.2) is 38.9 Å². The summed E-state index contributed by atoms with van der Waals surface area (Å²) in [7, 11) is 0. The highest BCUT2D eigenvalue weighted by Crippen LogP contribution is 2.30. The summed E-state index contributed by atoms with van der Waals surface area (Å²) in [5, 5.41) is 14.2. The van der Waals surface area contributed by atoms with Crippen molar-refractivity contribution in [2.45, 2.75) is 32.0 Å². The topological polar surface area (TPSA) is 80.1 Å². The van der Waals surface area contributed by atoms with E-state index in [1.165, 1.54) is 28.7 Å². The number of nitrogens with one attached hydrogen (secondary N) is 1. The Hall–Kier alpha value is -3.43. The number of hydrogen-bond donors (Lipinski definition) is 1. The van der Waals surface area contributed by atoms with Gasteiger partial charge < -0.3 is 10.2 Å². The van der Waals surface area contributed by atoms with Crippen LogP contribution in [0, 0.1) is 13.8 Å². The lowest BCUT2D eigenvalue weighted by atomic mass is 10.1. The van der Waals surface area contributed by atoms with Gasteiger partial charge in [-0.15, -0.1) is 21.5 Å². The highest BCUT2D eigenvalue weighted by Gasteiger charge is 2.25. The molecule has 4 aromatic rings. The van der Waals surface area contributed by atoms with Crippen LogP contribution in [0.5, 0.6) is 0 Å². The van der Waals surface area contributed by atoms with Crippen LogP contribution in [0.15, 0.2) is 65.1 Å². The number of hydrogen-bond acceptors (Lipinski definition) is 6. The number of thiophene rings is 1. The smallest absolute Gasteiger partial charge is 0.261 e. The first kappa shape index (κ1) is 23.3. The van der Waals surface area contributed by atoms with E-state index in [9.17, 15) is 9.59 Å². The number of carbonyl (C=O) groups is 2. The van der Waals surface area contributed by atoms with Crippen molar-refractivity contribution in [3.63, 3.8) is 0 Å². The van der Waals surface area contributed by atoms with Crippen LogP contribution in [0.4, 0.5) is 5.69 Å². The lowest BCUT2D eigenvalue weighted by molar-refractivity contribution is -0.116. The van der Waals surface area contributed by atoms with E-state index >= 15 is 0 Å².